The van der Waals surface area contributed by atoms with Crippen molar-refractivity contribution in [1.82, 2.24) is 4.90 Å². The molecule has 28 heavy (non-hydrogen) atoms. The van der Waals surface area contributed by atoms with Crippen molar-refractivity contribution in [2.24, 2.45) is 0 Å². The SMILES string of the molecule is CCOC(=O)c1ccc2c(c1N1CCN(Cc3ccccc3)CC1)N(O)ON2. The molecule has 0 spiro atoms. The lowest BCUT2D eigenvalue weighted by Crippen LogP contribution is -2.46. The molecule has 2 aromatic carbocycles. The molecular weight excluding hydrogens is 360 g/mol. The largest absolute Gasteiger partial charge is 0.462 e. The van der Waals surface area contributed by atoms with Gasteiger partial charge in [-0.05, 0) is 24.6 Å². The molecule has 2 aliphatic rings. The zero-order valence-electron chi connectivity index (χ0n) is 15.8. The number of carbonyl (C=O) groups excluding carboxylic acids is 1. The lowest BCUT2D eigenvalue weighted by atomic mass is 10.1. The van der Waals surface area contributed by atoms with Crippen molar-refractivity contribution in [3.8, 4) is 0 Å². The van der Waals surface area contributed by atoms with Crippen LogP contribution in [0.3, 0.4) is 0 Å². The Morgan fingerprint density at radius 3 is 2.57 bits per heavy atom. The summed E-state index contributed by atoms with van der Waals surface area (Å²) in [5.74, 6) is -0.410. The van der Waals surface area contributed by atoms with Gasteiger partial charge < -0.3 is 9.64 Å². The summed E-state index contributed by atoms with van der Waals surface area (Å²) in [5.41, 5.74) is 6.02. The van der Waals surface area contributed by atoms with Crippen LogP contribution in [0.4, 0.5) is 17.1 Å². The van der Waals surface area contributed by atoms with E-state index in [0.29, 0.717) is 27.9 Å². The van der Waals surface area contributed by atoms with Gasteiger partial charge in [-0.1, -0.05) is 35.6 Å². The van der Waals surface area contributed by atoms with Crippen LogP contribution in [0.25, 0.3) is 0 Å². The first-order valence-corrected chi connectivity index (χ1v) is 9.44. The van der Waals surface area contributed by atoms with E-state index in [0.717, 1.165) is 32.7 Å². The van der Waals surface area contributed by atoms with E-state index < -0.39 is 5.97 Å². The van der Waals surface area contributed by atoms with Crippen LogP contribution < -0.4 is 15.6 Å². The number of rotatable bonds is 5. The maximum Gasteiger partial charge on any atom is 0.340 e. The predicted molar refractivity (Wildman–Crippen MR) is 105 cm³/mol. The van der Waals surface area contributed by atoms with Gasteiger partial charge in [0.15, 0.2) is 0 Å². The molecule has 0 saturated carbocycles. The topological polar surface area (TPSA) is 77.5 Å². The first-order valence-electron chi connectivity index (χ1n) is 9.44. The normalized spacial score (nSPS) is 16.6. The van der Waals surface area contributed by atoms with Gasteiger partial charge in [-0.15, -0.1) is 4.94 Å². The summed E-state index contributed by atoms with van der Waals surface area (Å²) in [7, 11) is 0. The van der Waals surface area contributed by atoms with Gasteiger partial charge in [0.25, 0.3) is 0 Å². The standard InChI is InChI=1S/C20H24N4O4/c1-2-27-20(25)16-8-9-17-19(24(26)28-21-17)18(16)23-12-10-22(11-13-23)14-15-6-4-3-5-7-15/h3-9,21,26H,2,10-14H2,1H3. The molecule has 0 amide bonds. The van der Waals surface area contributed by atoms with Crippen LogP contribution in [0.2, 0.25) is 0 Å². The second kappa shape index (κ2) is 8.05. The van der Waals surface area contributed by atoms with E-state index in [1.54, 1.807) is 19.1 Å². The van der Waals surface area contributed by atoms with E-state index in [1.807, 2.05) is 18.2 Å². The third kappa shape index (κ3) is 3.62. The van der Waals surface area contributed by atoms with Gasteiger partial charge in [0.1, 0.15) is 5.69 Å². The Morgan fingerprint density at radius 1 is 1.11 bits per heavy atom. The number of piperazine rings is 1. The monoisotopic (exact) mass is 384 g/mol. The first kappa shape index (κ1) is 18.5. The summed E-state index contributed by atoms with van der Waals surface area (Å²) in [6.45, 7) is 6.10. The number of anilines is 3. The van der Waals surface area contributed by atoms with Gasteiger partial charge in [0, 0.05) is 32.7 Å². The van der Waals surface area contributed by atoms with Gasteiger partial charge in [-0.2, -0.15) is 0 Å². The number of nitrogens with zero attached hydrogens (tertiary/aromatic N) is 3. The van der Waals surface area contributed by atoms with Gasteiger partial charge in [0.2, 0.25) is 0 Å². The third-order valence-corrected chi connectivity index (χ3v) is 5.02. The molecule has 148 valence electrons. The zero-order chi connectivity index (χ0) is 19.5. The van der Waals surface area contributed by atoms with E-state index >= 15 is 0 Å². The molecule has 0 aromatic heterocycles. The molecule has 0 radical (unpaired) electrons. The van der Waals surface area contributed by atoms with Crippen LogP contribution in [0.5, 0.6) is 0 Å². The highest BCUT2D eigenvalue weighted by Gasteiger charge is 2.32. The molecule has 1 saturated heterocycles. The fraction of sp³-hybridized carbons (Fsp3) is 0.350. The number of esters is 1. The first-order chi connectivity index (χ1) is 13.7. The van der Waals surface area contributed by atoms with Crippen molar-refractivity contribution < 1.29 is 19.7 Å². The van der Waals surface area contributed by atoms with Crippen LogP contribution in [0.15, 0.2) is 42.5 Å². The van der Waals surface area contributed by atoms with Crippen molar-refractivity contribution in [1.29, 1.82) is 0 Å². The Morgan fingerprint density at radius 2 is 1.86 bits per heavy atom. The van der Waals surface area contributed by atoms with Crippen molar-refractivity contribution in [2.75, 3.05) is 48.4 Å². The lowest BCUT2D eigenvalue weighted by Gasteiger charge is -2.37. The van der Waals surface area contributed by atoms with Crippen LogP contribution in [0, 0.1) is 0 Å². The second-order valence-electron chi connectivity index (χ2n) is 6.79. The number of benzene rings is 2. The van der Waals surface area contributed by atoms with Gasteiger partial charge in [0.05, 0.1) is 23.5 Å². The molecule has 2 aliphatic heterocycles. The maximum absolute atomic E-state index is 12.5. The van der Waals surface area contributed by atoms with Crippen LogP contribution in [0.1, 0.15) is 22.8 Å². The fourth-order valence-electron chi connectivity index (χ4n) is 3.66. The molecular formula is C20H24N4O4. The number of ether oxygens (including phenoxy) is 1. The van der Waals surface area contributed by atoms with Gasteiger partial charge in [-0.3, -0.25) is 10.1 Å². The predicted octanol–water partition coefficient (Wildman–Crippen LogP) is 2.65. The van der Waals surface area contributed by atoms with Crippen molar-refractivity contribution in [3.05, 3.63) is 53.6 Å². The van der Waals surface area contributed by atoms with Crippen LogP contribution >= 0.6 is 0 Å². The van der Waals surface area contributed by atoms with E-state index in [4.69, 9.17) is 9.68 Å². The van der Waals surface area contributed by atoms with E-state index in [1.165, 1.54) is 5.56 Å². The summed E-state index contributed by atoms with van der Waals surface area (Å²) in [6.07, 6.45) is 0. The maximum atomic E-state index is 12.5. The van der Waals surface area contributed by atoms with Crippen molar-refractivity contribution in [3.63, 3.8) is 0 Å². The molecule has 0 bridgehead atoms. The Balaban J connectivity index is 1.55. The minimum Gasteiger partial charge on any atom is -0.462 e. The average Bonchev–Trinajstić information content (AvgIpc) is 3.10. The average molecular weight is 384 g/mol. The van der Waals surface area contributed by atoms with Crippen molar-refractivity contribution >= 4 is 23.0 Å². The quantitative estimate of drug-likeness (QED) is 0.762. The number of hydrogen-bond donors (Lipinski definition) is 2. The molecule has 4 rings (SSSR count). The molecule has 0 aliphatic carbocycles. The number of carbonyl (C=O) groups is 1. The number of hydrogen-bond acceptors (Lipinski definition) is 8. The summed E-state index contributed by atoms with van der Waals surface area (Å²) < 4.78 is 5.22. The van der Waals surface area contributed by atoms with Crippen LogP contribution in [-0.2, 0) is 16.2 Å². The van der Waals surface area contributed by atoms with Gasteiger partial charge in [-0.25, -0.2) is 10.3 Å². The highest BCUT2D eigenvalue weighted by Crippen LogP contribution is 2.43. The molecule has 8 nitrogen and oxygen atoms in total. The fourth-order valence-corrected chi connectivity index (χ4v) is 3.66. The highest BCUT2D eigenvalue weighted by atomic mass is 17.0. The molecule has 2 heterocycles. The third-order valence-electron chi connectivity index (χ3n) is 5.02. The summed E-state index contributed by atoms with van der Waals surface area (Å²) in [5, 5.41) is 10.8. The van der Waals surface area contributed by atoms with Crippen molar-refractivity contribution in [2.45, 2.75) is 13.5 Å². The number of fused-ring (bicyclic) bond motifs is 1. The molecule has 0 atom stereocenters. The van der Waals surface area contributed by atoms with Crippen LogP contribution in [-0.4, -0.2) is 48.9 Å². The molecule has 1 fully saturated rings. The Hall–Kier alpha value is -2.81. The van der Waals surface area contributed by atoms with Gasteiger partial charge >= 0.3 is 5.97 Å². The minimum absolute atomic E-state index is 0.289. The Labute approximate surface area is 163 Å². The lowest BCUT2D eigenvalue weighted by molar-refractivity contribution is 0.000748. The zero-order valence-corrected chi connectivity index (χ0v) is 15.8. The highest BCUT2D eigenvalue weighted by molar-refractivity contribution is 6.02. The molecule has 8 heteroatoms. The summed E-state index contributed by atoms with van der Waals surface area (Å²) in [4.78, 5) is 22.0. The molecule has 0 unspecified atom stereocenters. The smallest absolute Gasteiger partial charge is 0.340 e. The van der Waals surface area contributed by atoms with E-state index in [2.05, 4.69) is 27.4 Å². The summed E-state index contributed by atoms with van der Waals surface area (Å²) >= 11 is 0. The minimum atomic E-state index is -0.410. The second-order valence-corrected chi connectivity index (χ2v) is 6.79. The Bertz CT molecular complexity index is 838. The molecule has 2 N–H and O–H groups in total. The van der Waals surface area contributed by atoms with E-state index in [9.17, 15) is 10.0 Å². The van der Waals surface area contributed by atoms with E-state index in [-0.39, 0.29) is 6.61 Å². The summed E-state index contributed by atoms with van der Waals surface area (Å²) in [6, 6.07) is 13.8. The Kier molecular flexibility index (Phi) is 5.34. The molecule has 2 aromatic rings. The number of nitrogens with one attached hydrogen (secondary N) is 1.